The zero-order chi connectivity index (χ0) is 16.8. The summed E-state index contributed by atoms with van der Waals surface area (Å²) in [6.45, 7) is 3.59. The molecule has 2 rings (SSSR count). The average molecular weight is 319 g/mol. The Morgan fingerprint density at radius 3 is 2.87 bits per heavy atom. The minimum absolute atomic E-state index is 0.132. The SMILES string of the molecule is CCNC(=NCc1ccc(C(N)=O)o1)N(C)Cc1ncnn1C. The molecule has 0 atom stereocenters. The highest BCUT2D eigenvalue weighted by Gasteiger charge is 2.11. The normalized spacial score (nSPS) is 11.5. The molecular weight excluding hydrogens is 298 g/mol. The molecule has 0 unspecified atom stereocenters. The molecule has 2 aromatic heterocycles. The Bertz CT molecular complexity index is 689. The molecule has 0 aliphatic rings. The van der Waals surface area contributed by atoms with Crippen LogP contribution in [0, 0.1) is 0 Å². The van der Waals surface area contributed by atoms with Gasteiger partial charge in [0.15, 0.2) is 11.7 Å². The molecule has 124 valence electrons. The molecule has 0 spiro atoms. The summed E-state index contributed by atoms with van der Waals surface area (Å²) in [5.41, 5.74) is 5.16. The lowest BCUT2D eigenvalue weighted by atomic mass is 10.4. The summed E-state index contributed by atoms with van der Waals surface area (Å²) in [6.07, 6.45) is 1.52. The quantitative estimate of drug-likeness (QED) is 0.576. The Balaban J connectivity index is 2.06. The van der Waals surface area contributed by atoms with Gasteiger partial charge in [-0.15, -0.1) is 0 Å². The fraction of sp³-hybridized carbons (Fsp3) is 0.429. The van der Waals surface area contributed by atoms with Crippen molar-refractivity contribution >= 4 is 11.9 Å². The van der Waals surface area contributed by atoms with Gasteiger partial charge in [-0.1, -0.05) is 0 Å². The van der Waals surface area contributed by atoms with Gasteiger partial charge in [-0.2, -0.15) is 5.10 Å². The van der Waals surface area contributed by atoms with Crippen LogP contribution in [0.25, 0.3) is 0 Å². The van der Waals surface area contributed by atoms with Gasteiger partial charge in [0.25, 0.3) is 5.91 Å². The van der Waals surface area contributed by atoms with E-state index in [1.54, 1.807) is 16.8 Å². The van der Waals surface area contributed by atoms with Crippen LogP contribution in [-0.4, -0.2) is 45.1 Å². The lowest BCUT2D eigenvalue weighted by Gasteiger charge is -2.21. The van der Waals surface area contributed by atoms with E-state index in [9.17, 15) is 4.79 Å². The molecule has 0 radical (unpaired) electrons. The van der Waals surface area contributed by atoms with Gasteiger partial charge in [-0.05, 0) is 19.1 Å². The third-order valence-electron chi connectivity index (χ3n) is 3.17. The summed E-state index contributed by atoms with van der Waals surface area (Å²) in [6, 6.07) is 3.24. The second-order valence-electron chi connectivity index (χ2n) is 4.96. The van der Waals surface area contributed by atoms with Gasteiger partial charge < -0.3 is 20.4 Å². The lowest BCUT2D eigenvalue weighted by Crippen LogP contribution is -2.39. The van der Waals surface area contributed by atoms with E-state index in [-0.39, 0.29) is 5.76 Å². The summed E-state index contributed by atoms with van der Waals surface area (Å²) in [7, 11) is 3.75. The number of aromatic nitrogens is 3. The molecule has 9 nitrogen and oxygen atoms in total. The second-order valence-corrected chi connectivity index (χ2v) is 4.96. The number of nitrogens with one attached hydrogen (secondary N) is 1. The first-order valence-corrected chi connectivity index (χ1v) is 7.22. The Kier molecular flexibility index (Phi) is 5.34. The van der Waals surface area contributed by atoms with E-state index in [1.165, 1.54) is 6.33 Å². The third-order valence-corrected chi connectivity index (χ3v) is 3.17. The molecule has 2 heterocycles. The number of nitrogens with zero attached hydrogens (tertiary/aromatic N) is 5. The van der Waals surface area contributed by atoms with Gasteiger partial charge in [-0.25, -0.2) is 9.98 Å². The number of nitrogens with two attached hydrogens (primary N) is 1. The largest absolute Gasteiger partial charge is 0.454 e. The molecule has 0 saturated heterocycles. The summed E-state index contributed by atoms with van der Waals surface area (Å²) >= 11 is 0. The van der Waals surface area contributed by atoms with Crippen LogP contribution in [0.4, 0.5) is 0 Å². The van der Waals surface area contributed by atoms with Crippen molar-refractivity contribution in [1.29, 1.82) is 0 Å². The molecule has 0 aliphatic heterocycles. The lowest BCUT2D eigenvalue weighted by molar-refractivity contribution is 0.0972. The molecule has 1 amide bonds. The minimum atomic E-state index is -0.591. The zero-order valence-corrected chi connectivity index (χ0v) is 13.5. The topological polar surface area (TPSA) is 115 Å². The fourth-order valence-electron chi connectivity index (χ4n) is 1.97. The standard InChI is InChI=1S/C14H21N7O2/c1-4-16-14(20(2)8-12-18-9-19-21(12)3)17-7-10-5-6-11(23-10)13(15)22/h5-6,9H,4,7-8H2,1-3H3,(H2,15,22)(H,16,17). The smallest absolute Gasteiger partial charge is 0.284 e. The van der Waals surface area contributed by atoms with Crippen molar-refractivity contribution in [2.24, 2.45) is 17.8 Å². The number of hydrogen-bond acceptors (Lipinski definition) is 5. The van der Waals surface area contributed by atoms with Gasteiger partial charge in [0.2, 0.25) is 0 Å². The van der Waals surface area contributed by atoms with Crippen molar-refractivity contribution in [3.8, 4) is 0 Å². The van der Waals surface area contributed by atoms with Crippen LogP contribution in [0.1, 0.15) is 29.1 Å². The maximum Gasteiger partial charge on any atom is 0.284 e. The van der Waals surface area contributed by atoms with Crippen molar-refractivity contribution < 1.29 is 9.21 Å². The monoisotopic (exact) mass is 319 g/mol. The van der Waals surface area contributed by atoms with Crippen molar-refractivity contribution in [2.75, 3.05) is 13.6 Å². The Morgan fingerprint density at radius 2 is 2.30 bits per heavy atom. The second kappa shape index (κ2) is 7.43. The highest BCUT2D eigenvalue weighted by atomic mass is 16.3. The zero-order valence-electron chi connectivity index (χ0n) is 13.5. The number of primary amides is 1. The molecule has 0 fully saturated rings. The predicted molar refractivity (Wildman–Crippen MR) is 84.5 cm³/mol. The highest BCUT2D eigenvalue weighted by Crippen LogP contribution is 2.09. The first-order chi connectivity index (χ1) is 11.0. The molecule has 9 heteroatoms. The maximum atomic E-state index is 11.0. The van der Waals surface area contributed by atoms with Crippen molar-refractivity contribution in [3.63, 3.8) is 0 Å². The van der Waals surface area contributed by atoms with Crippen LogP contribution in [0.15, 0.2) is 27.9 Å². The first-order valence-electron chi connectivity index (χ1n) is 7.22. The number of hydrogen-bond donors (Lipinski definition) is 2. The fourth-order valence-corrected chi connectivity index (χ4v) is 1.97. The van der Waals surface area contributed by atoms with E-state index in [0.717, 1.165) is 12.4 Å². The van der Waals surface area contributed by atoms with Gasteiger partial charge in [0, 0.05) is 20.6 Å². The molecule has 2 aromatic rings. The number of aliphatic imine (C=N–C) groups is 1. The molecule has 0 bridgehead atoms. The van der Waals surface area contributed by atoms with E-state index >= 15 is 0 Å². The Labute approximate surface area is 134 Å². The van der Waals surface area contributed by atoms with Crippen LogP contribution in [-0.2, 0) is 20.1 Å². The number of furan rings is 1. The summed E-state index contributed by atoms with van der Waals surface area (Å²) in [5, 5.41) is 7.25. The number of guanidine groups is 1. The third kappa shape index (κ3) is 4.31. The van der Waals surface area contributed by atoms with Crippen molar-refractivity contribution in [2.45, 2.75) is 20.0 Å². The van der Waals surface area contributed by atoms with Crippen LogP contribution in [0.3, 0.4) is 0 Å². The summed E-state index contributed by atoms with van der Waals surface area (Å²) in [4.78, 5) is 21.7. The maximum absolute atomic E-state index is 11.0. The van der Waals surface area contributed by atoms with Gasteiger partial charge in [-0.3, -0.25) is 9.48 Å². The van der Waals surface area contributed by atoms with E-state index in [1.807, 2.05) is 25.9 Å². The molecule has 0 aromatic carbocycles. The molecular formula is C14H21N7O2. The molecule has 0 aliphatic carbocycles. The number of aryl methyl sites for hydroxylation is 1. The summed E-state index contributed by atoms with van der Waals surface area (Å²) < 4.78 is 7.04. The molecule has 23 heavy (non-hydrogen) atoms. The minimum Gasteiger partial charge on any atom is -0.454 e. The Morgan fingerprint density at radius 1 is 1.52 bits per heavy atom. The van der Waals surface area contributed by atoms with E-state index in [4.69, 9.17) is 10.2 Å². The van der Waals surface area contributed by atoms with E-state index < -0.39 is 5.91 Å². The highest BCUT2D eigenvalue weighted by molar-refractivity contribution is 5.89. The summed E-state index contributed by atoms with van der Waals surface area (Å²) in [5.74, 6) is 1.64. The predicted octanol–water partition coefficient (Wildman–Crippen LogP) is 0.105. The first kappa shape index (κ1) is 16.5. The number of carbonyl (C=O) groups excluding carboxylic acids is 1. The van der Waals surface area contributed by atoms with Gasteiger partial charge in [0.1, 0.15) is 24.5 Å². The number of rotatable bonds is 6. The van der Waals surface area contributed by atoms with Crippen LogP contribution in [0.2, 0.25) is 0 Å². The molecule has 0 saturated carbocycles. The van der Waals surface area contributed by atoms with E-state index in [0.29, 0.717) is 24.8 Å². The molecule has 3 N–H and O–H groups in total. The number of amides is 1. The van der Waals surface area contributed by atoms with Crippen LogP contribution in [0.5, 0.6) is 0 Å². The number of carbonyl (C=O) groups is 1. The average Bonchev–Trinajstić information content (AvgIpc) is 3.13. The van der Waals surface area contributed by atoms with Gasteiger partial charge in [0.05, 0.1) is 6.54 Å². The van der Waals surface area contributed by atoms with Crippen molar-refractivity contribution in [1.82, 2.24) is 25.0 Å². The van der Waals surface area contributed by atoms with Crippen LogP contribution >= 0.6 is 0 Å². The van der Waals surface area contributed by atoms with Crippen LogP contribution < -0.4 is 11.1 Å². The van der Waals surface area contributed by atoms with Crippen molar-refractivity contribution in [3.05, 3.63) is 35.8 Å². The Hall–Kier alpha value is -2.84. The van der Waals surface area contributed by atoms with E-state index in [2.05, 4.69) is 20.4 Å². The van der Waals surface area contributed by atoms with Gasteiger partial charge >= 0.3 is 0 Å².